The summed E-state index contributed by atoms with van der Waals surface area (Å²) in [6, 6.07) is 0. The zero-order valence-corrected chi connectivity index (χ0v) is 32.0. The molecule has 0 aromatic carbocycles. The molecule has 0 bridgehead atoms. The molecule has 3 aliphatic carbocycles. The van der Waals surface area contributed by atoms with Crippen molar-refractivity contribution >= 4 is 22.6 Å². The highest BCUT2D eigenvalue weighted by Crippen LogP contribution is 2.70. The molecule has 8 heteroatoms. The summed E-state index contributed by atoms with van der Waals surface area (Å²) in [4.78, 5) is 12.7. The molecule has 6 nitrogen and oxygen atoms in total. The van der Waals surface area contributed by atoms with Gasteiger partial charge >= 0.3 is 5.97 Å². The number of ether oxygens (including phenoxy) is 3. The van der Waals surface area contributed by atoms with Crippen molar-refractivity contribution in [2.45, 2.75) is 161 Å². The van der Waals surface area contributed by atoms with Crippen LogP contribution in [0.3, 0.4) is 0 Å². The Kier molecular flexibility index (Phi) is 9.55. The maximum Gasteiger partial charge on any atom is 0.330 e. The van der Waals surface area contributed by atoms with E-state index in [0.717, 1.165) is 32.1 Å². The zero-order chi connectivity index (χ0) is 32.4. The Morgan fingerprint density at radius 2 is 1.49 bits per heavy atom. The highest BCUT2D eigenvalue weighted by Gasteiger charge is 2.71. The lowest BCUT2D eigenvalue weighted by Crippen LogP contribution is -2.66. The lowest BCUT2D eigenvalue weighted by atomic mass is 9.45. The number of carbonyl (C=O) groups excluding carboxylic acids is 1. The first-order valence-electron chi connectivity index (χ1n) is 17.0. The Bertz CT molecular complexity index is 1060. The van der Waals surface area contributed by atoms with Crippen molar-refractivity contribution in [2.24, 2.45) is 28.6 Å². The highest BCUT2D eigenvalue weighted by molar-refractivity contribution is 6.74. The van der Waals surface area contributed by atoms with Crippen molar-refractivity contribution in [3.63, 3.8) is 0 Å². The van der Waals surface area contributed by atoms with E-state index in [1.54, 1.807) is 13.2 Å². The lowest BCUT2D eigenvalue weighted by Gasteiger charge is -2.63. The number of rotatable bonds is 8. The van der Waals surface area contributed by atoms with Gasteiger partial charge in [-0.1, -0.05) is 55.4 Å². The molecule has 1 aliphatic heterocycles. The van der Waals surface area contributed by atoms with Crippen LogP contribution in [0.15, 0.2) is 12.2 Å². The van der Waals surface area contributed by atoms with Crippen LogP contribution in [0.5, 0.6) is 0 Å². The smallest absolute Gasteiger partial charge is 0.330 e. The Hall–Kier alpha value is -0.516. The van der Waals surface area contributed by atoms with Gasteiger partial charge in [0.25, 0.3) is 0 Å². The van der Waals surface area contributed by atoms with Gasteiger partial charge in [0, 0.05) is 25.0 Å². The minimum absolute atomic E-state index is 0.0437. The summed E-state index contributed by atoms with van der Waals surface area (Å²) >= 11 is 0. The number of esters is 1. The molecule has 0 spiro atoms. The van der Waals surface area contributed by atoms with Crippen molar-refractivity contribution in [1.29, 1.82) is 0 Å². The predicted molar refractivity (Wildman–Crippen MR) is 179 cm³/mol. The largest absolute Gasteiger partial charge is 0.463 e. The molecule has 4 fully saturated rings. The Morgan fingerprint density at radius 1 is 0.907 bits per heavy atom. The average Bonchev–Trinajstić information content (AvgIpc) is 3.36. The molecule has 0 amide bonds. The van der Waals surface area contributed by atoms with E-state index in [9.17, 15) is 4.79 Å². The highest BCUT2D eigenvalue weighted by atomic mass is 28.4. The summed E-state index contributed by atoms with van der Waals surface area (Å²) in [6.45, 7) is 30.6. The van der Waals surface area contributed by atoms with Crippen molar-refractivity contribution < 1.29 is 27.9 Å². The van der Waals surface area contributed by atoms with Gasteiger partial charge < -0.3 is 23.1 Å². The van der Waals surface area contributed by atoms with Crippen LogP contribution >= 0.6 is 0 Å². The normalized spacial score (nSPS) is 40.3. The molecule has 0 radical (unpaired) electrons. The van der Waals surface area contributed by atoms with Gasteiger partial charge in [0.15, 0.2) is 22.9 Å². The molecule has 1 saturated heterocycles. The number of carbonyl (C=O) groups is 1. The predicted octanol–water partition coefficient (Wildman–Crippen LogP) is 8.87. The van der Waals surface area contributed by atoms with Crippen molar-refractivity contribution in [3.05, 3.63) is 12.2 Å². The van der Waals surface area contributed by atoms with Gasteiger partial charge in [0.2, 0.25) is 0 Å². The van der Waals surface area contributed by atoms with E-state index in [1.165, 1.54) is 6.42 Å². The van der Waals surface area contributed by atoms with Crippen LogP contribution in [0.1, 0.15) is 101 Å². The maximum atomic E-state index is 12.7. The van der Waals surface area contributed by atoms with Crippen LogP contribution in [0.2, 0.25) is 36.3 Å². The van der Waals surface area contributed by atoms with Crippen molar-refractivity contribution in [1.82, 2.24) is 0 Å². The molecule has 43 heavy (non-hydrogen) atoms. The van der Waals surface area contributed by atoms with Crippen LogP contribution in [-0.2, 0) is 27.9 Å². The zero-order valence-electron chi connectivity index (χ0n) is 30.0. The van der Waals surface area contributed by atoms with Crippen LogP contribution in [-0.4, -0.2) is 60.4 Å². The SMILES string of the molecule is CCOC(=O)/C=C/[C@@]12OC(OC)C[C@]1(C)[C@H]1CC[C@]3(C)[C@@H](O[Si](C)(C)C(C)(C)C)CC[C@H]3[C@@H]1C[C@H]2O[Si](C)(C)C(C)(C)C. The quantitative estimate of drug-likeness (QED) is 0.151. The Balaban J connectivity index is 1.78. The first-order valence-corrected chi connectivity index (χ1v) is 22.8. The maximum absolute atomic E-state index is 12.7. The fraction of sp³-hybridized carbons (Fsp3) is 0.914. The van der Waals surface area contributed by atoms with E-state index in [0.29, 0.717) is 30.5 Å². The first kappa shape index (κ1) is 35.3. The summed E-state index contributed by atoms with van der Waals surface area (Å²) in [5.41, 5.74) is -0.845. The van der Waals surface area contributed by atoms with E-state index in [4.69, 9.17) is 23.1 Å². The molecule has 0 aromatic heterocycles. The van der Waals surface area contributed by atoms with E-state index < -0.39 is 22.2 Å². The fourth-order valence-electron chi connectivity index (χ4n) is 8.81. The number of hydrogen-bond acceptors (Lipinski definition) is 6. The molecule has 4 rings (SSSR count). The fourth-order valence-corrected chi connectivity index (χ4v) is 11.6. The van der Waals surface area contributed by atoms with Crippen LogP contribution in [0, 0.1) is 28.6 Å². The summed E-state index contributed by atoms with van der Waals surface area (Å²) in [5.74, 6) is 1.21. The van der Waals surface area contributed by atoms with Crippen LogP contribution in [0.25, 0.3) is 0 Å². The second kappa shape index (κ2) is 11.6. The number of fused-ring (bicyclic) bond motifs is 5. The van der Waals surface area contributed by atoms with Crippen LogP contribution in [0.4, 0.5) is 0 Å². The third kappa shape index (κ3) is 5.92. The van der Waals surface area contributed by atoms with E-state index in [2.05, 4.69) is 81.6 Å². The van der Waals surface area contributed by atoms with Gasteiger partial charge in [0.05, 0.1) is 18.8 Å². The third-order valence-electron chi connectivity index (χ3n) is 13.4. The Labute approximate surface area is 265 Å². The van der Waals surface area contributed by atoms with E-state index in [1.807, 2.05) is 13.0 Å². The van der Waals surface area contributed by atoms with Gasteiger partial charge in [-0.3, -0.25) is 0 Å². The summed E-state index contributed by atoms with van der Waals surface area (Å²) < 4.78 is 32.9. The third-order valence-corrected chi connectivity index (χ3v) is 22.4. The molecule has 1 unspecified atom stereocenters. The summed E-state index contributed by atoms with van der Waals surface area (Å²) in [7, 11) is -2.36. The number of hydrogen-bond donors (Lipinski definition) is 0. The molecule has 0 aromatic rings. The van der Waals surface area contributed by atoms with Gasteiger partial charge in [-0.05, 0) is 105 Å². The molecule has 0 N–H and O–H groups in total. The molecule has 248 valence electrons. The standard InChI is InChI=1S/C35H64O6Si2/c1-15-38-29(36)19-21-35-28(41-43(13,14)32(5,6)7)22-24-25-16-17-27(40-42(11,12)31(2,3)4)33(25,8)20-18-26(24)34(35,9)23-30(37-10)39-35/h19,21,24-28,30H,15-18,20,22-23H2,1-14H3/b21-19+/t24-,25-,26-,27-,28+,30?,33-,34+,35-/m0/s1. The van der Waals surface area contributed by atoms with Gasteiger partial charge in [-0.2, -0.15) is 0 Å². The Morgan fingerprint density at radius 3 is 2.02 bits per heavy atom. The molecular weight excluding hydrogens is 573 g/mol. The second-order valence-electron chi connectivity index (χ2n) is 17.8. The van der Waals surface area contributed by atoms with Gasteiger partial charge in [-0.25, -0.2) is 4.79 Å². The van der Waals surface area contributed by atoms with E-state index >= 15 is 0 Å². The second-order valence-corrected chi connectivity index (χ2v) is 27.3. The number of methoxy groups -OCH3 is 1. The van der Waals surface area contributed by atoms with Crippen molar-refractivity contribution in [3.8, 4) is 0 Å². The minimum atomic E-state index is -2.20. The molecule has 9 atom stereocenters. The topological polar surface area (TPSA) is 63.2 Å². The van der Waals surface area contributed by atoms with Crippen molar-refractivity contribution in [2.75, 3.05) is 13.7 Å². The first-order chi connectivity index (χ1) is 19.6. The molecular formula is C35H64O6Si2. The molecule has 3 saturated carbocycles. The minimum Gasteiger partial charge on any atom is -0.463 e. The average molecular weight is 637 g/mol. The van der Waals surface area contributed by atoms with Crippen LogP contribution < -0.4 is 0 Å². The lowest BCUT2D eigenvalue weighted by molar-refractivity contribution is -0.220. The van der Waals surface area contributed by atoms with Gasteiger partial charge in [-0.15, -0.1) is 0 Å². The molecule has 1 heterocycles. The summed E-state index contributed by atoms with van der Waals surface area (Å²) in [5, 5.41) is 0.238. The summed E-state index contributed by atoms with van der Waals surface area (Å²) in [6.07, 6.45) is 9.80. The monoisotopic (exact) mass is 636 g/mol. The van der Waals surface area contributed by atoms with Gasteiger partial charge in [0.1, 0.15) is 5.60 Å². The van der Waals surface area contributed by atoms with E-state index in [-0.39, 0.29) is 39.3 Å². The molecule has 4 aliphatic rings.